The van der Waals surface area contributed by atoms with E-state index in [0.29, 0.717) is 23.0 Å². The van der Waals surface area contributed by atoms with Crippen molar-refractivity contribution in [3.8, 4) is 0 Å². The number of halogens is 1. The number of Topliss-reactive ketones (excluding diaryl/α,β-unsaturated/α-hetero) is 2. The lowest BCUT2D eigenvalue weighted by atomic mass is 9.74. The Kier molecular flexibility index (Phi) is 7.58. The molecule has 1 aliphatic carbocycles. The van der Waals surface area contributed by atoms with Crippen molar-refractivity contribution in [1.29, 1.82) is 0 Å². The highest BCUT2D eigenvalue weighted by atomic mass is 35.5. The summed E-state index contributed by atoms with van der Waals surface area (Å²) in [6.07, 6.45) is -1.03. The van der Waals surface area contributed by atoms with Crippen LogP contribution < -0.4 is 5.73 Å². The van der Waals surface area contributed by atoms with Crippen molar-refractivity contribution in [1.82, 2.24) is 14.7 Å². The summed E-state index contributed by atoms with van der Waals surface area (Å²) in [6.45, 7) is 6.95. The zero-order valence-corrected chi connectivity index (χ0v) is 26.0. The zero-order chi connectivity index (χ0) is 30.9. The summed E-state index contributed by atoms with van der Waals surface area (Å²) in [5.74, 6) is -3.94. The molecule has 3 saturated heterocycles. The molecule has 2 N–H and O–H groups in total. The normalized spacial score (nSPS) is 32.0. The fourth-order valence-corrected chi connectivity index (χ4v) is 9.14. The Morgan fingerprint density at radius 2 is 1.79 bits per heavy atom. The fourth-order valence-electron chi connectivity index (χ4n) is 7.56. The first-order valence-corrected chi connectivity index (χ1v) is 15.5. The van der Waals surface area contributed by atoms with Crippen LogP contribution in [0.1, 0.15) is 20.8 Å². The van der Waals surface area contributed by atoms with Crippen LogP contribution in [0.25, 0.3) is 0 Å². The van der Waals surface area contributed by atoms with Crippen molar-refractivity contribution >= 4 is 46.9 Å². The summed E-state index contributed by atoms with van der Waals surface area (Å²) >= 11 is 7.41. The number of rotatable bonds is 9. The number of nitrogens with zero attached hydrogens (tertiary/aromatic N) is 3. The van der Waals surface area contributed by atoms with Gasteiger partial charge in [-0.05, 0) is 37.4 Å². The van der Waals surface area contributed by atoms with Gasteiger partial charge in [0.1, 0.15) is 12.6 Å². The quantitative estimate of drug-likeness (QED) is 0.397. The number of carbonyl (C=O) groups excluding carboxylic acids is 4. The maximum atomic E-state index is 15.3. The van der Waals surface area contributed by atoms with E-state index in [4.69, 9.17) is 36.3 Å². The second-order valence-electron chi connectivity index (χ2n) is 11.3. The first-order valence-electron chi connectivity index (χ1n) is 14.4. The number of primary amides is 1. The number of nitrogens with two attached hydrogens (primary N) is 1. The molecule has 2 amide bonds. The minimum atomic E-state index is -1.97. The van der Waals surface area contributed by atoms with E-state index in [2.05, 4.69) is 4.90 Å². The highest BCUT2D eigenvalue weighted by molar-refractivity contribution is 8.01. The van der Waals surface area contributed by atoms with Crippen molar-refractivity contribution in [2.45, 2.75) is 54.0 Å². The van der Waals surface area contributed by atoms with Gasteiger partial charge in [0.2, 0.25) is 17.5 Å². The largest absolute Gasteiger partial charge is 0.449 e. The number of carbonyl (C=O) groups is 4. The third kappa shape index (κ3) is 4.12. The predicted octanol–water partition coefficient (Wildman–Crippen LogP) is 1.64. The summed E-state index contributed by atoms with van der Waals surface area (Å²) in [4.78, 5) is 61.0. The Bertz CT molecular complexity index is 1400. The van der Waals surface area contributed by atoms with Gasteiger partial charge in [0.05, 0.1) is 30.9 Å². The Morgan fingerprint density at radius 1 is 1.14 bits per heavy atom. The van der Waals surface area contributed by atoms with E-state index >= 15 is 9.59 Å². The van der Waals surface area contributed by atoms with Gasteiger partial charge < -0.3 is 39.4 Å². The van der Waals surface area contributed by atoms with Crippen LogP contribution in [0.3, 0.4) is 0 Å². The van der Waals surface area contributed by atoms with Crippen LogP contribution in [-0.4, -0.2) is 120 Å². The number of benzene rings is 1. The lowest BCUT2D eigenvalue weighted by Crippen LogP contribution is -2.70. The van der Waals surface area contributed by atoms with Crippen LogP contribution in [0.15, 0.2) is 40.4 Å². The second kappa shape index (κ2) is 10.7. The van der Waals surface area contributed by atoms with E-state index in [1.165, 1.54) is 25.8 Å². The smallest absolute Gasteiger partial charge is 0.404 e. The van der Waals surface area contributed by atoms with Crippen LogP contribution in [0.5, 0.6) is 0 Å². The van der Waals surface area contributed by atoms with Crippen LogP contribution in [0.4, 0.5) is 4.79 Å². The van der Waals surface area contributed by atoms with E-state index in [-0.39, 0.29) is 61.9 Å². The van der Waals surface area contributed by atoms with Crippen molar-refractivity contribution in [3.05, 3.63) is 40.6 Å². The standard InChI is InChI=1S/C29H35ClN4O8S/c1-5-32(6-2)15-27(43-18-9-7-17(30)8-10-18)25(37)22-21(24(36)29(27)41-11-12-42-29)19(14-40-26(31)38)28(39-4)23-20(13-33(22)28)34(23)16(3)35/h7-10,19-20,23H,5-6,11-15H2,1-4H3,(H2,31,38)/t19-,20+,23+,27?,28-,34?/m1/s1. The molecule has 0 aromatic heterocycles. The van der Waals surface area contributed by atoms with Gasteiger partial charge in [0.15, 0.2) is 10.5 Å². The van der Waals surface area contributed by atoms with E-state index in [1.807, 2.05) is 13.8 Å². The Hall–Kier alpha value is -2.68. The Morgan fingerprint density at radius 3 is 2.35 bits per heavy atom. The summed E-state index contributed by atoms with van der Waals surface area (Å²) < 4.78 is 22.5. The third-order valence-corrected chi connectivity index (χ3v) is 11.1. The molecule has 4 aliphatic heterocycles. The average Bonchev–Trinajstić information content (AvgIpc) is 3.26. The SMILES string of the molecule is CCN(CC)CC1(Sc2ccc(Cl)cc2)C(=O)C2=C(C(=O)C13OCCO3)[C@@H](COC(N)=O)[C@@]1(OC)[C@@H]3[C@H](CN21)N3C(C)=O. The zero-order valence-electron chi connectivity index (χ0n) is 24.5. The molecule has 0 radical (unpaired) electrons. The molecule has 5 aliphatic rings. The molecule has 1 unspecified atom stereocenters. The Balaban J connectivity index is 1.56. The van der Waals surface area contributed by atoms with Gasteiger partial charge in [-0.15, -0.1) is 11.8 Å². The summed E-state index contributed by atoms with van der Waals surface area (Å²) in [7, 11) is 1.47. The molecule has 14 heteroatoms. The monoisotopic (exact) mass is 634 g/mol. The molecular weight excluding hydrogens is 600 g/mol. The number of allylic oxidation sites excluding steroid dienone is 1. The molecule has 232 valence electrons. The summed E-state index contributed by atoms with van der Waals surface area (Å²) in [6, 6.07) is 6.35. The van der Waals surface area contributed by atoms with Crippen LogP contribution >= 0.6 is 23.4 Å². The number of ether oxygens (including phenoxy) is 4. The molecule has 5 atom stereocenters. The fraction of sp³-hybridized carbons (Fsp3) is 0.586. The van der Waals surface area contributed by atoms with Crippen molar-refractivity contribution in [3.63, 3.8) is 0 Å². The molecule has 4 heterocycles. The maximum Gasteiger partial charge on any atom is 0.404 e. The van der Waals surface area contributed by atoms with Crippen LogP contribution in [0.2, 0.25) is 5.02 Å². The van der Waals surface area contributed by atoms with Crippen LogP contribution in [0, 0.1) is 5.92 Å². The summed E-state index contributed by atoms with van der Waals surface area (Å²) in [5, 5.41) is 0.533. The minimum absolute atomic E-state index is 0.104. The number of ketones is 2. The van der Waals surface area contributed by atoms with E-state index in [0.717, 1.165) is 0 Å². The van der Waals surface area contributed by atoms with E-state index in [1.54, 1.807) is 34.1 Å². The van der Waals surface area contributed by atoms with E-state index in [9.17, 15) is 9.59 Å². The first-order chi connectivity index (χ1) is 20.5. The Labute approximate surface area is 258 Å². The minimum Gasteiger partial charge on any atom is -0.449 e. The van der Waals surface area contributed by atoms with Gasteiger partial charge in [-0.2, -0.15) is 0 Å². The molecule has 1 aromatic rings. The average molecular weight is 635 g/mol. The number of fused-ring (bicyclic) bond motifs is 4. The number of amides is 2. The van der Waals surface area contributed by atoms with Crippen LogP contribution in [-0.2, 0) is 33.3 Å². The molecule has 12 nitrogen and oxygen atoms in total. The second-order valence-corrected chi connectivity index (χ2v) is 13.1. The van der Waals surface area contributed by atoms with Gasteiger partial charge >= 0.3 is 6.09 Å². The third-order valence-electron chi connectivity index (χ3n) is 9.40. The number of thioether (sulfide) groups is 1. The molecule has 1 aromatic carbocycles. The number of methoxy groups -OCH3 is 1. The number of piperazine rings is 1. The first kappa shape index (κ1) is 30.4. The molecule has 0 saturated carbocycles. The molecule has 6 rings (SSSR count). The predicted molar refractivity (Wildman–Crippen MR) is 155 cm³/mol. The van der Waals surface area contributed by atoms with Crippen molar-refractivity contribution < 1.29 is 38.1 Å². The molecule has 0 bridgehead atoms. The van der Waals surface area contributed by atoms with Crippen molar-refractivity contribution in [2.75, 3.05) is 53.1 Å². The van der Waals surface area contributed by atoms with Gasteiger partial charge in [0.25, 0.3) is 5.79 Å². The highest BCUT2D eigenvalue weighted by Gasteiger charge is 2.81. The van der Waals surface area contributed by atoms with E-state index < -0.39 is 40.1 Å². The van der Waals surface area contributed by atoms with Gasteiger partial charge in [0, 0.05) is 42.6 Å². The maximum absolute atomic E-state index is 15.3. The lowest BCUT2D eigenvalue weighted by Gasteiger charge is -2.49. The van der Waals surface area contributed by atoms with Crippen molar-refractivity contribution in [2.24, 2.45) is 11.7 Å². The lowest BCUT2D eigenvalue weighted by molar-refractivity contribution is -0.194. The molecule has 3 fully saturated rings. The topological polar surface area (TPSA) is 141 Å². The molecular formula is C29H35ClN4O8S. The number of hydrogen-bond donors (Lipinski definition) is 1. The molecule has 1 spiro atoms. The van der Waals surface area contributed by atoms with Gasteiger partial charge in [-0.1, -0.05) is 25.4 Å². The number of hydrogen-bond acceptors (Lipinski definition) is 11. The molecule has 43 heavy (non-hydrogen) atoms. The van der Waals surface area contributed by atoms with Gasteiger partial charge in [-0.3, -0.25) is 14.4 Å². The highest BCUT2D eigenvalue weighted by Crippen LogP contribution is 2.63. The summed E-state index contributed by atoms with van der Waals surface area (Å²) in [5.41, 5.74) is 4.32. The van der Waals surface area contributed by atoms with Gasteiger partial charge in [-0.25, -0.2) is 4.79 Å².